The number of rotatable bonds is 2. The lowest BCUT2D eigenvalue weighted by atomic mass is 10.1. The first-order chi connectivity index (χ1) is 7.20. The first-order valence-electron chi connectivity index (χ1n) is 5.04. The van der Waals surface area contributed by atoms with Crippen molar-refractivity contribution in [1.82, 2.24) is 9.55 Å². The predicted molar refractivity (Wildman–Crippen MR) is 51.8 cm³/mol. The van der Waals surface area contributed by atoms with Gasteiger partial charge in [-0.2, -0.15) is 5.23 Å². The summed E-state index contributed by atoms with van der Waals surface area (Å²) in [6.45, 7) is 3.11. The third-order valence-corrected chi connectivity index (χ3v) is 2.76. The Kier molecular flexibility index (Phi) is 3.01. The van der Waals surface area contributed by atoms with E-state index in [9.17, 15) is 5.21 Å². The first-order valence-corrected chi connectivity index (χ1v) is 5.04. The van der Waals surface area contributed by atoms with E-state index in [4.69, 9.17) is 9.94 Å². The van der Waals surface area contributed by atoms with Crippen LogP contribution in [0.4, 0.5) is 5.82 Å². The van der Waals surface area contributed by atoms with Gasteiger partial charge in [0.15, 0.2) is 0 Å². The first kappa shape index (κ1) is 10.6. The molecule has 84 valence electrons. The van der Waals surface area contributed by atoms with E-state index in [0.29, 0.717) is 24.7 Å². The summed E-state index contributed by atoms with van der Waals surface area (Å²) in [5.41, 5.74) is 0.578. The Balaban J connectivity index is 2.26. The maximum Gasteiger partial charge on any atom is 0.262 e. The summed E-state index contributed by atoms with van der Waals surface area (Å²) in [6.07, 6.45) is 3.33. The molecule has 1 unspecified atom stereocenters. The zero-order valence-electron chi connectivity index (χ0n) is 8.64. The fourth-order valence-electron chi connectivity index (χ4n) is 1.96. The molecule has 15 heavy (non-hydrogen) atoms. The van der Waals surface area contributed by atoms with Crippen LogP contribution in [0.25, 0.3) is 0 Å². The highest BCUT2D eigenvalue weighted by Crippen LogP contribution is 2.24. The molecule has 1 aliphatic heterocycles. The van der Waals surface area contributed by atoms with Crippen LogP contribution in [-0.2, 0) is 4.74 Å². The van der Waals surface area contributed by atoms with Gasteiger partial charge in [0.05, 0.1) is 6.33 Å². The molecule has 0 aromatic carbocycles. The average molecular weight is 213 g/mol. The van der Waals surface area contributed by atoms with Crippen LogP contribution in [0, 0.1) is 12.1 Å². The SMILES string of the molecule is Cc1ncn(C2CCOCC2)c1[NH+]([O-])O. The van der Waals surface area contributed by atoms with Gasteiger partial charge in [0.2, 0.25) is 0 Å². The van der Waals surface area contributed by atoms with Crippen LogP contribution in [0.3, 0.4) is 0 Å². The van der Waals surface area contributed by atoms with E-state index in [0.717, 1.165) is 12.8 Å². The van der Waals surface area contributed by atoms with Crippen molar-refractivity contribution in [2.75, 3.05) is 13.2 Å². The van der Waals surface area contributed by atoms with Crippen molar-refractivity contribution >= 4 is 5.82 Å². The van der Waals surface area contributed by atoms with Gasteiger partial charge in [0.25, 0.3) is 5.82 Å². The number of imidazole rings is 1. The van der Waals surface area contributed by atoms with Crippen LogP contribution in [0.1, 0.15) is 24.6 Å². The lowest BCUT2D eigenvalue weighted by Gasteiger charge is -2.25. The van der Waals surface area contributed by atoms with E-state index in [1.807, 2.05) is 0 Å². The molecule has 1 aromatic heterocycles. The Labute approximate surface area is 87.6 Å². The van der Waals surface area contributed by atoms with Gasteiger partial charge in [-0.3, -0.25) is 4.57 Å². The standard InChI is InChI=1S/C9H15N3O3/c1-7-9(12(13)14)11(6-10-7)8-2-4-15-5-3-8/h6,8,12-13H,2-5H2,1H3. The third kappa shape index (κ3) is 2.03. The highest BCUT2D eigenvalue weighted by molar-refractivity contribution is 5.26. The smallest absolute Gasteiger partial charge is 0.262 e. The minimum Gasteiger partial charge on any atom is -0.594 e. The van der Waals surface area contributed by atoms with Gasteiger partial charge in [0.1, 0.15) is 5.69 Å². The molecule has 0 amide bonds. The minimum atomic E-state index is -0.906. The van der Waals surface area contributed by atoms with Crippen molar-refractivity contribution in [3.63, 3.8) is 0 Å². The minimum absolute atomic E-state index is 0.214. The van der Waals surface area contributed by atoms with Gasteiger partial charge in [-0.05, 0) is 19.8 Å². The lowest BCUT2D eigenvalue weighted by molar-refractivity contribution is -0.994. The summed E-state index contributed by atoms with van der Waals surface area (Å²) >= 11 is 0. The number of aryl methyl sites for hydroxylation is 1. The Morgan fingerprint density at radius 3 is 2.87 bits per heavy atom. The van der Waals surface area contributed by atoms with Crippen molar-refractivity contribution in [2.45, 2.75) is 25.8 Å². The van der Waals surface area contributed by atoms with E-state index in [1.165, 1.54) is 0 Å². The van der Waals surface area contributed by atoms with Crippen LogP contribution in [0.5, 0.6) is 0 Å². The molecule has 1 saturated heterocycles. The maximum atomic E-state index is 11.1. The fourth-order valence-corrected chi connectivity index (χ4v) is 1.96. The van der Waals surface area contributed by atoms with Gasteiger partial charge in [0, 0.05) is 19.3 Å². The van der Waals surface area contributed by atoms with E-state index < -0.39 is 5.23 Å². The predicted octanol–water partition coefficient (Wildman–Crippen LogP) is -0.0536. The quantitative estimate of drug-likeness (QED) is 0.675. The van der Waals surface area contributed by atoms with E-state index in [2.05, 4.69) is 4.98 Å². The molecule has 6 nitrogen and oxygen atoms in total. The molecule has 1 aromatic rings. The normalized spacial score (nSPS) is 20.5. The van der Waals surface area contributed by atoms with E-state index >= 15 is 0 Å². The summed E-state index contributed by atoms with van der Waals surface area (Å²) in [4.78, 5) is 4.05. The number of nitrogens with zero attached hydrogens (tertiary/aromatic N) is 2. The Morgan fingerprint density at radius 2 is 2.27 bits per heavy atom. The summed E-state index contributed by atoms with van der Waals surface area (Å²) < 4.78 is 7.01. The number of hydrogen-bond donors (Lipinski definition) is 2. The van der Waals surface area contributed by atoms with Gasteiger partial charge in [-0.25, -0.2) is 10.2 Å². The second kappa shape index (κ2) is 4.28. The molecule has 2 rings (SSSR count). The highest BCUT2D eigenvalue weighted by Gasteiger charge is 2.23. The molecule has 0 bridgehead atoms. The summed E-state index contributed by atoms with van der Waals surface area (Å²) in [6, 6.07) is 0.214. The average Bonchev–Trinajstić information content (AvgIpc) is 2.61. The van der Waals surface area contributed by atoms with Crippen molar-refractivity contribution < 1.29 is 15.2 Å². The largest absolute Gasteiger partial charge is 0.594 e. The number of nitrogens with one attached hydrogen (secondary N) is 1. The Hall–Kier alpha value is -0.950. The monoisotopic (exact) mass is 213 g/mol. The Morgan fingerprint density at radius 1 is 1.60 bits per heavy atom. The Bertz CT molecular complexity index is 331. The highest BCUT2D eigenvalue weighted by atomic mass is 16.8. The summed E-state index contributed by atoms with van der Waals surface area (Å²) in [7, 11) is 0. The summed E-state index contributed by atoms with van der Waals surface area (Å²) in [5.74, 6) is 0.307. The molecule has 1 aliphatic rings. The number of aromatic nitrogens is 2. The summed E-state index contributed by atoms with van der Waals surface area (Å²) in [5, 5.41) is 19.2. The van der Waals surface area contributed by atoms with Gasteiger partial charge >= 0.3 is 0 Å². The molecule has 2 N–H and O–H groups in total. The van der Waals surface area contributed by atoms with Crippen LogP contribution in [0.2, 0.25) is 0 Å². The van der Waals surface area contributed by atoms with Crippen molar-refractivity contribution in [3.05, 3.63) is 17.2 Å². The molecular formula is C9H15N3O3. The molecular weight excluding hydrogens is 198 g/mol. The second-order valence-corrected chi connectivity index (χ2v) is 3.73. The van der Waals surface area contributed by atoms with Crippen LogP contribution < -0.4 is 5.23 Å². The molecule has 0 aliphatic carbocycles. The maximum absolute atomic E-state index is 11.1. The zero-order chi connectivity index (χ0) is 10.8. The van der Waals surface area contributed by atoms with E-state index in [1.54, 1.807) is 17.8 Å². The fraction of sp³-hybridized carbons (Fsp3) is 0.667. The van der Waals surface area contributed by atoms with E-state index in [-0.39, 0.29) is 6.04 Å². The molecule has 1 fully saturated rings. The third-order valence-electron chi connectivity index (χ3n) is 2.76. The van der Waals surface area contributed by atoms with Crippen LogP contribution in [0.15, 0.2) is 6.33 Å². The number of hydrogen-bond acceptors (Lipinski definition) is 4. The van der Waals surface area contributed by atoms with Crippen LogP contribution in [-0.4, -0.2) is 28.0 Å². The zero-order valence-corrected chi connectivity index (χ0v) is 8.64. The molecule has 1 atom stereocenters. The molecule has 6 heteroatoms. The van der Waals surface area contributed by atoms with Gasteiger partial charge in [-0.15, -0.1) is 0 Å². The number of ether oxygens (including phenoxy) is 1. The number of quaternary nitrogens is 1. The topological polar surface area (TPSA) is 74.8 Å². The van der Waals surface area contributed by atoms with Gasteiger partial charge in [-0.1, -0.05) is 0 Å². The van der Waals surface area contributed by atoms with Crippen molar-refractivity contribution in [1.29, 1.82) is 0 Å². The second-order valence-electron chi connectivity index (χ2n) is 3.73. The van der Waals surface area contributed by atoms with Crippen LogP contribution >= 0.6 is 0 Å². The molecule has 0 saturated carbocycles. The molecule has 0 radical (unpaired) electrons. The molecule has 0 spiro atoms. The molecule has 2 heterocycles. The van der Waals surface area contributed by atoms with Crippen molar-refractivity contribution in [3.8, 4) is 0 Å². The lowest BCUT2D eigenvalue weighted by Crippen LogP contribution is -3.00. The van der Waals surface area contributed by atoms with Gasteiger partial charge < -0.3 is 9.94 Å². The van der Waals surface area contributed by atoms with Crippen molar-refractivity contribution in [2.24, 2.45) is 0 Å².